The molecule has 1 rings (SSSR count). The van der Waals surface area contributed by atoms with Gasteiger partial charge in [-0.3, -0.25) is 24.4 Å². The van der Waals surface area contributed by atoms with Crippen LogP contribution >= 0.6 is 0 Å². The highest BCUT2D eigenvalue weighted by molar-refractivity contribution is 7.85. The third kappa shape index (κ3) is 2.99. The van der Waals surface area contributed by atoms with E-state index in [0.717, 1.165) is 25.3 Å². The van der Waals surface area contributed by atoms with Crippen LogP contribution in [0.1, 0.15) is 5.56 Å². The molecule has 0 aliphatic carbocycles. The minimum atomic E-state index is -4.09. The minimum Gasteiger partial charge on any atom is -0.273 e. The van der Waals surface area contributed by atoms with E-state index in [-0.39, 0.29) is 0 Å². The molecule has 10 heteroatoms. The molecule has 18 heavy (non-hydrogen) atoms. The van der Waals surface area contributed by atoms with Gasteiger partial charge in [-0.15, -0.1) is 0 Å². The summed E-state index contributed by atoms with van der Waals surface area (Å²) in [6, 6.07) is 3.10. The second-order valence-corrected chi connectivity index (χ2v) is 4.90. The van der Waals surface area contributed by atoms with Crippen LogP contribution in [-0.2, 0) is 20.1 Å². The van der Waals surface area contributed by atoms with Crippen LogP contribution in [0.3, 0.4) is 0 Å². The number of benzene rings is 1. The fourth-order valence-corrected chi connectivity index (χ4v) is 2.06. The highest BCUT2D eigenvalue weighted by Crippen LogP contribution is 2.29. The van der Waals surface area contributed by atoms with Crippen LogP contribution in [-0.4, -0.2) is 25.4 Å². The summed E-state index contributed by atoms with van der Waals surface area (Å²) < 4.78 is 26.6. The van der Waals surface area contributed by atoms with E-state index in [2.05, 4.69) is 4.18 Å². The molecule has 0 fully saturated rings. The molecule has 0 radical (unpaired) electrons. The van der Waals surface area contributed by atoms with Gasteiger partial charge in [0.15, 0.2) is 0 Å². The third-order valence-corrected chi connectivity index (χ3v) is 3.25. The Hall–Kier alpha value is -2.07. The summed E-state index contributed by atoms with van der Waals surface area (Å²) in [6.07, 6.45) is 0. The molecule has 0 heterocycles. The Labute approximate surface area is 101 Å². The standard InChI is InChI=1S/C8H8N2O7S/c1-17-18(15,16)5-6-7(9(11)12)3-2-4-8(6)10(13)14/h2-4H,5H2,1H3. The van der Waals surface area contributed by atoms with Crippen molar-refractivity contribution in [2.24, 2.45) is 0 Å². The normalized spacial score (nSPS) is 11.2. The van der Waals surface area contributed by atoms with Crippen LogP contribution in [0.5, 0.6) is 0 Å². The smallest absolute Gasteiger partial charge is 0.273 e. The Kier molecular flexibility index (Phi) is 3.93. The quantitative estimate of drug-likeness (QED) is 0.445. The van der Waals surface area contributed by atoms with Gasteiger partial charge in [0.25, 0.3) is 21.5 Å². The molecule has 0 bridgehead atoms. The van der Waals surface area contributed by atoms with Crippen molar-refractivity contribution in [2.75, 3.05) is 7.11 Å². The van der Waals surface area contributed by atoms with Crippen LogP contribution in [0.2, 0.25) is 0 Å². The van der Waals surface area contributed by atoms with Gasteiger partial charge in [0, 0.05) is 12.1 Å². The highest BCUT2D eigenvalue weighted by atomic mass is 32.2. The molecule has 0 saturated heterocycles. The zero-order chi connectivity index (χ0) is 13.9. The van der Waals surface area contributed by atoms with Gasteiger partial charge in [0.05, 0.1) is 17.0 Å². The molecular weight excluding hydrogens is 268 g/mol. The van der Waals surface area contributed by atoms with Crippen LogP contribution in [0.15, 0.2) is 18.2 Å². The van der Waals surface area contributed by atoms with Crippen molar-refractivity contribution in [3.05, 3.63) is 44.0 Å². The van der Waals surface area contributed by atoms with Gasteiger partial charge in [0.2, 0.25) is 0 Å². The van der Waals surface area contributed by atoms with Gasteiger partial charge in [-0.25, -0.2) is 0 Å². The minimum absolute atomic E-state index is 0.505. The SMILES string of the molecule is COS(=O)(=O)Cc1c([N+](=O)[O-])cccc1[N+](=O)[O-]. The van der Waals surface area contributed by atoms with E-state index in [1.807, 2.05) is 0 Å². The van der Waals surface area contributed by atoms with Gasteiger partial charge in [-0.2, -0.15) is 8.42 Å². The molecule has 0 spiro atoms. The fraction of sp³-hybridized carbons (Fsp3) is 0.250. The summed E-state index contributed by atoms with van der Waals surface area (Å²) in [5.74, 6) is -0.934. The highest BCUT2D eigenvalue weighted by Gasteiger charge is 2.28. The monoisotopic (exact) mass is 276 g/mol. The Balaban J connectivity index is 3.46. The molecule has 0 aliphatic rings. The molecule has 0 amide bonds. The van der Waals surface area contributed by atoms with E-state index in [1.54, 1.807) is 0 Å². The predicted molar refractivity (Wildman–Crippen MR) is 59.4 cm³/mol. The summed E-state index contributed by atoms with van der Waals surface area (Å²) in [4.78, 5) is 19.7. The van der Waals surface area contributed by atoms with Gasteiger partial charge in [-0.1, -0.05) is 0 Å². The lowest BCUT2D eigenvalue weighted by Gasteiger charge is -2.04. The summed E-state index contributed by atoms with van der Waals surface area (Å²) in [7, 11) is -3.22. The lowest BCUT2D eigenvalue weighted by Crippen LogP contribution is -2.10. The van der Waals surface area contributed by atoms with Crippen molar-refractivity contribution in [3.8, 4) is 0 Å². The summed E-state index contributed by atoms with van der Waals surface area (Å²) in [5, 5.41) is 21.4. The number of hydrogen-bond donors (Lipinski definition) is 0. The van der Waals surface area contributed by atoms with E-state index in [9.17, 15) is 28.6 Å². The average Bonchev–Trinajstić information content (AvgIpc) is 2.28. The Morgan fingerprint density at radius 2 is 1.61 bits per heavy atom. The van der Waals surface area contributed by atoms with E-state index < -0.39 is 42.7 Å². The molecule has 0 aromatic heterocycles. The summed E-state index contributed by atoms with van der Waals surface area (Å²) in [6.45, 7) is 0. The number of nitro benzene ring substituents is 2. The van der Waals surface area contributed by atoms with E-state index in [0.29, 0.717) is 0 Å². The van der Waals surface area contributed by atoms with Crippen molar-refractivity contribution >= 4 is 21.5 Å². The van der Waals surface area contributed by atoms with Gasteiger partial charge in [-0.05, 0) is 6.07 Å². The number of rotatable bonds is 5. The summed E-state index contributed by atoms with van der Waals surface area (Å²) >= 11 is 0. The largest absolute Gasteiger partial charge is 0.280 e. The average molecular weight is 276 g/mol. The molecule has 9 nitrogen and oxygen atoms in total. The van der Waals surface area contributed by atoms with Crippen LogP contribution < -0.4 is 0 Å². The molecule has 0 saturated carbocycles. The summed E-state index contributed by atoms with van der Waals surface area (Å²) in [5.41, 5.74) is -1.77. The Morgan fingerprint density at radius 1 is 1.17 bits per heavy atom. The number of nitro groups is 2. The van der Waals surface area contributed by atoms with Gasteiger partial charge < -0.3 is 0 Å². The molecule has 0 unspecified atom stereocenters. The first-order valence-electron chi connectivity index (χ1n) is 4.47. The van der Waals surface area contributed by atoms with Crippen molar-refractivity contribution < 1.29 is 22.4 Å². The Morgan fingerprint density at radius 3 is 1.94 bits per heavy atom. The lowest BCUT2D eigenvalue weighted by molar-refractivity contribution is -0.395. The van der Waals surface area contributed by atoms with Crippen molar-refractivity contribution in [3.63, 3.8) is 0 Å². The number of nitrogens with zero attached hydrogens (tertiary/aromatic N) is 2. The first kappa shape index (κ1) is 14.0. The zero-order valence-electron chi connectivity index (χ0n) is 9.10. The van der Waals surface area contributed by atoms with Gasteiger partial charge >= 0.3 is 0 Å². The maximum atomic E-state index is 11.3. The molecule has 0 aliphatic heterocycles. The van der Waals surface area contributed by atoms with E-state index in [4.69, 9.17) is 0 Å². The third-order valence-electron chi connectivity index (χ3n) is 2.10. The first-order chi connectivity index (χ1) is 8.28. The second kappa shape index (κ2) is 5.06. The molecule has 0 atom stereocenters. The fourth-order valence-electron chi connectivity index (χ4n) is 1.29. The van der Waals surface area contributed by atoms with E-state index in [1.165, 1.54) is 0 Å². The van der Waals surface area contributed by atoms with Crippen LogP contribution in [0.4, 0.5) is 11.4 Å². The number of hydrogen-bond acceptors (Lipinski definition) is 7. The molecule has 1 aromatic carbocycles. The van der Waals surface area contributed by atoms with Crippen molar-refractivity contribution in [1.29, 1.82) is 0 Å². The van der Waals surface area contributed by atoms with Gasteiger partial charge in [0.1, 0.15) is 11.3 Å². The first-order valence-corrected chi connectivity index (χ1v) is 6.05. The molecule has 0 N–H and O–H groups in total. The maximum Gasteiger partial charge on any atom is 0.280 e. The topological polar surface area (TPSA) is 130 Å². The Bertz CT molecular complexity index is 563. The molecule has 1 aromatic rings. The second-order valence-electron chi connectivity index (χ2n) is 3.16. The van der Waals surface area contributed by atoms with Crippen LogP contribution in [0.25, 0.3) is 0 Å². The van der Waals surface area contributed by atoms with Crippen LogP contribution in [0, 0.1) is 20.2 Å². The van der Waals surface area contributed by atoms with E-state index >= 15 is 0 Å². The maximum absolute atomic E-state index is 11.3. The van der Waals surface area contributed by atoms with Crippen molar-refractivity contribution in [1.82, 2.24) is 0 Å². The molecule has 98 valence electrons. The molecular formula is C8H8N2O7S. The predicted octanol–water partition coefficient (Wildman–Crippen LogP) is 0.979. The zero-order valence-corrected chi connectivity index (χ0v) is 9.92. The lowest BCUT2D eigenvalue weighted by atomic mass is 10.1. The van der Waals surface area contributed by atoms with Crippen molar-refractivity contribution in [2.45, 2.75) is 5.75 Å².